The molecule has 0 aromatic rings. The fourth-order valence-corrected chi connectivity index (χ4v) is 0.984. The van der Waals surface area contributed by atoms with Gasteiger partial charge in [-0.2, -0.15) is 0 Å². The van der Waals surface area contributed by atoms with Crippen molar-refractivity contribution in [3.05, 3.63) is 0 Å². The number of hydrogen-bond acceptors (Lipinski definition) is 2. The zero-order chi connectivity index (χ0) is 7.98. The Hall–Kier alpha value is -0.520. The van der Waals surface area contributed by atoms with Crippen molar-refractivity contribution >= 4 is 0 Å². The summed E-state index contributed by atoms with van der Waals surface area (Å²) in [5.74, 6) is 0. The molecule has 2 heteroatoms. The summed E-state index contributed by atoms with van der Waals surface area (Å²) < 4.78 is 5.04. The molecule has 0 bridgehead atoms. The van der Waals surface area contributed by atoms with Gasteiger partial charge in [0, 0.05) is 0 Å². The molecule has 0 amide bonds. The Balaban J connectivity index is 0.000000371. The van der Waals surface area contributed by atoms with Gasteiger partial charge in [0.2, 0.25) is 0 Å². The first-order chi connectivity index (χ1) is 4.79. The van der Waals surface area contributed by atoms with Gasteiger partial charge in [0.25, 0.3) is 0 Å². The van der Waals surface area contributed by atoms with E-state index in [9.17, 15) is 0 Å². The van der Waals surface area contributed by atoms with Crippen molar-refractivity contribution in [2.45, 2.75) is 38.6 Å². The third-order valence-electron chi connectivity index (χ3n) is 1.45. The Morgan fingerprint density at radius 1 is 1.40 bits per heavy atom. The average Bonchev–Trinajstić information content (AvgIpc) is 1.91. The van der Waals surface area contributed by atoms with Crippen LogP contribution < -0.4 is 0 Å². The van der Waals surface area contributed by atoms with Crippen LogP contribution in [-0.4, -0.2) is 17.5 Å². The zero-order valence-corrected chi connectivity index (χ0v) is 6.29. The Kier molecular flexibility index (Phi) is 5.00. The molecule has 1 aliphatic rings. The Labute approximate surface area is 62.2 Å². The lowest BCUT2D eigenvalue weighted by atomic mass is 10.1. The van der Waals surface area contributed by atoms with Gasteiger partial charge in [0.05, 0.1) is 6.10 Å². The zero-order valence-electron chi connectivity index (χ0n) is 6.29. The van der Waals surface area contributed by atoms with Crippen LogP contribution in [0.2, 0.25) is 0 Å². The Morgan fingerprint density at radius 3 is 2.30 bits per heavy atom. The van der Waals surface area contributed by atoms with Gasteiger partial charge < -0.3 is 9.84 Å². The Morgan fingerprint density at radius 2 is 2.00 bits per heavy atom. The maximum absolute atomic E-state index is 8.86. The van der Waals surface area contributed by atoms with Crippen LogP contribution in [-0.2, 0) is 4.74 Å². The van der Waals surface area contributed by atoms with Gasteiger partial charge in [-0.1, -0.05) is 0 Å². The van der Waals surface area contributed by atoms with Gasteiger partial charge in [0.15, 0.2) is 6.29 Å². The van der Waals surface area contributed by atoms with Crippen molar-refractivity contribution in [2.24, 2.45) is 0 Å². The molecule has 0 aliphatic carbocycles. The largest absolute Gasteiger partial charge is 0.368 e. The highest BCUT2D eigenvalue weighted by molar-refractivity contribution is 4.59. The molecule has 1 heterocycles. The van der Waals surface area contributed by atoms with Crippen molar-refractivity contribution in [1.29, 1.82) is 0 Å². The summed E-state index contributed by atoms with van der Waals surface area (Å²) in [7, 11) is 0. The minimum atomic E-state index is -0.487. The highest BCUT2D eigenvalue weighted by Crippen LogP contribution is 2.15. The molecule has 58 valence electrons. The average molecular weight is 142 g/mol. The van der Waals surface area contributed by atoms with E-state index in [2.05, 4.69) is 12.8 Å². The van der Waals surface area contributed by atoms with Crippen molar-refractivity contribution in [2.75, 3.05) is 0 Å². The van der Waals surface area contributed by atoms with Crippen LogP contribution in [0.1, 0.15) is 26.2 Å². The molecule has 2 nitrogen and oxygen atoms in total. The summed E-state index contributed by atoms with van der Waals surface area (Å²) in [4.78, 5) is 0. The van der Waals surface area contributed by atoms with E-state index in [0.29, 0.717) is 0 Å². The van der Waals surface area contributed by atoms with E-state index in [0.717, 1.165) is 19.3 Å². The third-order valence-corrected chi connectivity index (χ3v) is 1.45. The van der Waals surface area contributed by atoms with Crippen LogP contribution in [0.15, 0.2) is 0 Å². The topological polar surface area (TPSA) is 29.5 Å². The van der Waals surface area contributed by atoms with E-state index in [4.69, 9.17) is 9.84 Å². The molecule has 0 spiro atoms. The van der Waals surface area contributed by atoms with E-state index in [1.165, 1.54) is 0 Å². The molecule has 0 aromatic heterocycles. The number of aliphatic hydroxyl groups excluding tert-OH is 1. The lowest BCUT2D eigenvalue weighted by Crippen LogP contribution is -2.24. The van der Waals surface area contributed by atoms with Gasteiger partial charge in [-0.25, -0.2) is 0 Å². The molecule has 0 aromatic carbocycles. The highest BCUT2D eigenvalue weighted by atomic mass is 16.6. The van der Waals surface area contributed by atoms with Crippen LogP contribution in [0, 0.1) is 12.8 Å². The molecular formula is C8H14O2. The minimum absolute atomic E-state index is 0.263. The smallest absolute Gasteiger partial charge is 0.154 e. The third kappa shape index (κ3) is 3.49. The number of rotatable bonds is 0. The van der Waals surface area contributed by atoms with E-state index >= 15 is 0 Å². The maximum atomic E-state index is 8.86. The summed E-state index contributed by atoms with van der Waals surface area (Å²) in [6.07, 6.45) is 10.8. The molecule has 0 radical (unpaired) electrons. The molecule has 2 atom stereocenters. The van der Waals surface area contributed by atoms with Crippen LogP contribution in [0.5, 0.6) is 0 Å². The van der Waals surface area contributed by atoms with Gasteiger partial charge in [0.1, 0.15) is 0 Å². The monoisotopic (exact) mass is 142 g/mol. The molecule has 1 rings (SSSR count). The fraction of sp³-hybridized carbons (Fsp3) is 0.750. The lowest BCUT2D eigenvalue weighted by molar-refractivity contribution is -0.156. The summed E-state index contributed by atoms with van der Waals surface area (Å²) in [6.45, 7) is 1.99. The van der Waals surface area contributed by atoms with Crippen molar-refractivity contribution < 1.29 is 9.84 Å². The molecule has 1 unspecified atom stereocenters. The van der Waals surface area contributed by atoms with E-state index in [1.54, 1.807) is 0 Å². The second kappa shape index (κ2) is 5.28. The summed E-state index contributed by atoms with van der Waals surface area (Å²) in [5.41, 5.74) is 0. The quantitative estimate of drug-likeness (QED) is 0.514. The highest BCUT2D eigenvalue weighted by Gasteiger charge is 2.15. The molecule has 0 saturated carbocycles. The number of aliphatic hydroxyl groups is 1. The fourth-order valence-electron chi connectivity index (χ4n) is 0.984. The number of ether oxygens (including phenoxy) is 1. The number of hydrogen-bond donors (Lipinski definition) is 1. The first-order valence-corrected chi connectivity index (χ1v) is 3.46. The molecule has 1 aliphatic heterocycles. The predicted octanol–water partition coefficient (Wildman–Crippen LogP) is 1.14. The van der Waals surface area contributed by atoms with Crippen LogP contribution in [0.25, 0.3) is 0 Å². The standard InChI is InChI=1S/C6H12O2.C2H2/c1-5-3-2-4-6(7)8-5;1-2/h5-7H,2-4H2,1H3;1-2H/t5-,6?;/m0./s1. The lowest BCUT2D eigenvalue weighted by Gasteiger charge is -2.23. The second-order valence-corrected chi connectivity index (χ2v) is 2.33. The molecular weight excluding hydrogens is 128 g/mol. The van der Waals surface area contributed by atoms with Crippen LogP contribution in [0.4, 0.5) is 0 Å². The second-order valence-electron chi connectivity index (χ2n) is 2.33. The normalized spacial score (nSPS) is 32.0. The molecule has 1 saturated heterocycles. The van der Waals surface area contributed by atoms with Crippen molar-refractivity contribution in [3.8, 4) is 12.8 Å². The van der Waals surface area contributed by atoms with Gasteiger partial charge in [-0.15, -0.1) is 12.8 Å². The van der Waals surface area contributed by atoms with Crippen molar-refractivity contribution in [3.63, 3.8) is 0 Å². The van der Waals surface area contributed by atoms with E-state index in [1.807, 2.05) is 6.92 Å². The predicted molar refractivity (Wildman–Crippen MR) is 40.3 cm³/mol. The van der Waals surface area contributed by atoms with Gasteiger partial charge in [-0.05, 0) is 26.2 Å². The summed E-state index contributed by atoms with van der Waals surface area (Å²) in [6, 6.07) is 0. The molecule has 10 heavy (non-hydrogen) atoms. The Bertz CT molecular complexity index is 90.7. The van der Waals surface area contributed by atoms with Crippen molar-refractivity contribution in [1.82, 2.24) is 0 Å². The van der Waals surface area contributed by atoms with E-state index < -0.39 is 6.29 Å². The van der Waals surface area contributed by atoms with Crippen LogP contribution >= 0.6 is 0 Å². The SMILES string of the molecule is C#C.C[C@H]1CCCC(O)O1. The first kappa shape index (κ1) is 9.48. The molecule has 1 fully saturated rings. The summed E-state index contributed by atoms with van der Waals surface area (Å²) >= 11 is 0. The first-order valence-electron chi connectivity index (χ1n) is 3.46. The molecule has 1 N–H and O–H groups in total. The summed E-state index contributed by atoms with van der Waals surface area (Å²) in [5, 5.41) is 8.86. The van der Waals surface area contributed by atoms with Gasteiger partial charge >= 0.3 is 0 Å². The minimum Gasteiger partial charge on any atom is -0.368 e. The van der Waals surface area contributed by atoms with Crippen LogP contribution in [0.3, 0.4) is 0 Å². The maximum Gasteiger partial charge on any atom is 0.154 e. The van der Waals surface area contributed by atoms with E-state index in [-0.39, 0.29) is 6.10 Å². The number of terminal acetylenes is 1. The van der Waals surface area contributed by atoms with Gasteiger partial charge in [-0.3, -0.25) is 0 Å².